The van der Waals surface area contributed by atoms with E-state index < -0.39 is 0 Å². The summed E-state index contributed by atoms with van der Waals surface area (Å²) in [5.74, 6) is 2.77. The van der Waals surface area contributed by atoms with Crippen LogP contribution < -0.4 is 58.2 Å². The normalized spacial score (nSPS) is 18.0. The molecule has 0 amide bonds. The summed E-state index contributed by atoms with van der Waals surface area (Å²) < 4.78 is 5.12. The molecule has 0 N–H and O–H groups in total. The third kappa shape index (κ3) is 3.13. The summed E-state index contributed by atoms with van der Waals surface area (Å²) >= 11 is 0. The van der Waals surface area contributed by atoms with E-state index >= 15 is 0 Å². The largest absolute Gasteiger partial charge is 1.00 e. The van der Waals surface area contributed by atoms with Crippen LogP contribution >= 0.6 is 0 Å². The van der Waals surface area contributed by atoms with Gasteiger partial charge in [-0.25, -0.2) is 4.98 Å². The third-order valence-corrected chi connectivity index (χ3v) is 2.42. The zero-order valence-corrected chi connectivity index (χ0v) is 14.0. The van der Waals surface area contributed by atoms with Gasteiger partial charge in [-0.05, 0) is 27.1 Å². The first kappa shape index (κ1) is 12.8. The Morgan fingerprint density at radius 3 is 2.50 bits per heavy atom. The van der Waals surface area contributed by atoms with Gasteiger partial charge in [0.05, 0.1) is 5.89 Å². The van der Waals surface area contributed by atoms with Crippen LogP contribution in [-0.2, 0) is 0 Å². The molecule has 1 fully saturated rings. The topological polar surface area (TPSA) is 42.2 Å². The van der Waals surface area contributed by atoms with Crippen molar-refractivity contribution in [1.82, 2.24) is 15.0 Å². The second-order valence-electron chi connectivity index (χ2n) is 3.55. The standard InChI is InChI=1S/C9H14N3O.Rb/c1-7-10-9(13-11-7)8-3-5-12(2)6-4-8;/h3-6H2,1-2H3;/q-1;+1. The van der Waals surface area contributed by atoms with Crippen molar-refractivity contribution < 1.29 is 62.7 Å². The Balaban J connectivity index is 0.000000980. The van der Waals surface area contributed by atoms with Gasteiger partial charge in [0, 0.05) is 0 Å². The third-order valence-electron chi connectivity index (χ3n) is 2.42. The summed E-state index contributed by atoms with van der Waals surface area (Å²) in [5, 5.41) is 3.79. The van der Waals surface area contributed by atoms with Crippen LogP contribution in [0.3, 0.4) is 0 Å². The van der Waals surface area contributed by atoms with Crippen molar-refractivity contribution in [2.45, 2.75) is 19.8 Å². The van der Waals surface area contributed by atoms with Crippen molar-refractivity contribution in [3.05, 3.63) is 17.6 Å². The molecule has 0 saturated carbocycles. The number of likely N-dealkylation sites (tertiary alicyclic amines) is 1. The minimum atomic E-state index is 0. The molecule has 4 nitrogen and oxygen atoms in total. The van der Waals surface area contributed by atoms with Gasteiger partial charge in [-0.2, -0.15) is 0 Å². The Kier molecular flexibility index (Phi) is 5.27. The molecule has 5 heteroatoms. The van der Waals surface area contributed by atoms with Crippen LogP contribution in [0.15, 0.2) is 4.52 Å². The number of aromatic nitrogens is 2. The fourth-order valence-electron chi connectivity index (χ4n) is 1.54. The molecule has 72 valence electrons. The molecular weight excluding hydrogens is 252 g/mol. The van der Waals surface area contributed by atoms with Crippen LogP contribution in [0.4, 0.5) is 0 Å². The Hall–Kier alpha value is 0.775. The molecule has 1 saturated heterocycles. The molecule has 1 aromatic rings. The van der Waals surface area contributed by atoms with E-state index in [0.717, 1.165) is 37.6 Å². The van der Waals surface area contributed by atoms with E-state index in [9.17, 15) is 0 Å². The summed E-state index contributed by atoms with van der Waals surface area (Å²) in [6.07, 6.45) is 2.11. The van der Waals surface area contributed by atoms with Gasteiger partial charge in [0.15, 0.2) is 5.82 Å². The molecular formula is C9H14N3ORb. The zero-order valence-electron chi connectivity index (χ0n) is 9.08. The smallest absolute Gasteiger partial charge is 0.372 e. The van der Waals surface area contributed by atoms with E-state index in [1.807, 2.05) is 6.92 Å². The van der Waals surface area contributed by atoms with Crippen LogP contribution in [0.1, 0.15) is 24.6 Å². The molecule has 0 unspecified atom stereocenters. The van der Waals surface area contributed by atoms with Crippen LogP contribution in [0, 0.1) is 12.8 Å². The van der Waals surface area contributed by atoms with Crippen molar-refractivity contribution in [3.63, 3.8) is 0 Å². The Morgan fingerprint density at radius 2 is 2.00 bits per heavy atom. The summed E-state index contributed by atoms with van der Waals surface area (Å²) in [6.45, 7) is 4.04. The van der Waals surface area contributed by atoms with Gasteiger partial charge >= 0.3 is 58.2 Å². The van der Waals surface area contributed by atoms with Crippen LogP contribution in [-0.4, -0.2) is 35.2 Å². The van der Waals surface area contributed by atoms with E-state index in [0.29, 0.717) is 0 Å². The van der Waals surface area contributed by atoms with E-state index in [2.05, 4.69) is 22.1 Å². The molecule has 0 bridgehead atoms. The average Bonchev–Trinajstić information content (AvgIpc) is 2.53. The maximum atomic E-state index is 5.12. The molecule has 1 aromatic heterocycles. The molecule has 1 aliphatic rings. The minimum Gasteiger partial charge on any atom is -0.372 e. The molecule has 0 aromatic carbocycles. The van der Waals surface area contributed by atoms with Crippen molar-refractivity contribution in [2.75, 3.05) is 20.1 Å². The van der Waals surface area contributed by atoms with E-state index in [4.69, 9.17) is 4.52 Å². The van der Waals surface area contributed by atoms with Crippen LogP contribution in [0.25, 0.3) is 0 Å². The number of piperidine rings is 1. The van der Waals surface area contributed by atoms with Crippen LogP contribution in [0.2, 0.25) is 0 Å². The molecule has 0 aliphatic carbocycles. The van der Waals surface area contributed by atoms with Crippen molar-refractivity contribution in [3.8, 4) is 0 Å². The van der Waals surface area contributed by atoms with Gasteiger partial charge in [-0.3, -0.25) is 5.92 Å². The zero-order chi connectivity index (χ0) is 9.26. The van der Waals surface area contributed by atoms with Gasteiger partial charge in [-0.15, -0.1) is 12.8 Å². The van der Waals surface area contributed by atoms with Crippen molar-refractivity contribution in [2.24, 2.45) is 0 Å². The first-order valence-corrected chi connectivity index (χ1v) is 4.59. The average molecular weight is 266 g/mol. The SMILES string of the molecule is Cc1noc([C-]2CCN(C)CC2)n1.[Rb+]. The maximum absolute atomic E-state index is 5.12. The van der Waals surface area contributed by atoms with Gasteiger partial charge in [0.25, 0.3) is 0 Å². The summed E-state index contributed by atoms with van der Waals surface area (Å²) in [4.78, 5) is 6.54. The second-order valence-corrected chi connectivity index (χ2v) is 3.55. The second kappa shape index (κ2) is 5.75. The van der Waals surface area contributed by atoms with Gasteiger partial charge in [0.2, 0.25) is 0 Å². The molecule has 1 aliphatic heterocycles. The number of aryl methyl sites for hydroxylation is 1. The predicted octanol–water partition coefficient (Wildman–Crippen LogP) is -1.97. The van der Waals surface area contributed by atoms with Gasteiger partial charge in [0.1, 0.15) is 0 Å². The van der Waals surface area contributed by atoms with Crippen molar-refractivity contribution >= 4 is 0 Å². The van der Waals surface area contributed by atoms with Crippen LogP contribution in [0.5, 0.6) is 0 Å². The predicted molar refractivity (Wildman–Crippen MR) is 48.1 cm³/mol. The quantitative estimate of drug-likeness (QED) is 0.553. The molecule has 2 heterocycles. The van der Waals surface area contributed by atoms with Gasteiger partial charge < -0.3 is 9.42 Å². The minimum absolute atomic E-state index is 0. The molecule has 0 atom stereocenters. The molecule has 0 radical (unpaired) electrons. The summed E-state index contributed by atoms with van der Waals surface area (Å²) in [6, 6.07) is 0. The monoisotopic (exact) mass is 265 g/mol. The number of rotatable bonds is 1. The van der Waals surface area contributed by atoms with Gasteiger partial charge in [-0.1, -0.05) is 5.16 Å². The molecule has 0 spiro atoms. The maximum Gasteiger partial charge on any atom is 1.00 e. The molecule has 14 heavy (non-hydrogen) atoms. The Labute approximate surface area is 133 Å². The van der Waals surface area contributed by atoms with E-state index in [1.54, 1.807) is 0 Å². The number of hydrogen-bond acceptors (Lipinski definition) is 4. The molecule has 2 rings (SSSR count). The first-order valence-electron chi connectivity index (χ1n) is 4.59. The summed E-state index contributed by atoms with van der Waals surface area (Å²) in [5.41, 5.74) is 0. The first-order chi connectivity index (χ1) is 6.25. The van der Waals surface area contributed by atoms with E-state index in [-0.39, 0.29) is 58.2 Å². The number of hydrogen-bond donors (Lipinski definition) is 0. The fraction of sp³-hybridized carbons (Fsp3) is 0.667. The fourth-order valence-corrected chi connectivity index (χ4v) is 1.54. The van der Waals surface area contributed by atoms with E-state index in [1.165, 1.54) is 5.92 Å². The Bertz CT molecular complexity index is 281. The Morgan fingerprint density at radius 1 is 1.36 bits per heavy atom. The number of nitrogens with zero attached hydrogens (tertiary/aromatic N) is 3. The summed E-state index contributed by atoms with van der Waals surface area (Å²) in [7, 11) is 2.13. The van der Waals surface area contributed by atoms with Crippen molar-refractivity contribution in [1.29, 1.82) is 0 Å².